The van der Waals surface area contributed by atoms with Crippen LogP contribution in [0.5, 0.6) is 0 Å². The third kappa shape index (κ3) is 4.24. The van der Waals surface area contributed by atoms with E-state index in [4.69, 9.17) is 0 Å². The van der Waals surface area contributed by atoms with Crippen LogP contribution in [0.2, 0.25) is 0 Å². The highest BCUT2D eigenvalue weighted by molar-refractivity contribution is 6.12. The van der Waals surface area contributed by atoms with E-state index in [1.54, 1.807) is 0 Å². The second-order valence-electron chi connectivity index (χ2n) is 12.3. The molecule has 0 unspecified atom stereocenters. The van der Waals surface area contributed by atoms with Crippen LogP contribution in [0.25, 0.3) is 77.2 Å². The molecule has 7 aromatic carbocycles. The van der Waals surface area contributed by atoms with Crippen LogP contribution in [-0.2, 0) is 0 Å². The maximum absolute atomic E-state index is 10.5. The van der Waals surface area contributed by atoms with Gasteiger partial charge in [0.15, 0.2) is 0 Å². The minimum atomic E-state index is 0.547. The fraction of sp³-hybridized carbons (Fsp3) is 0. The molecule has 9 aromatic rings. The van der Waals surface area contributed by atoms with Gasteiger partial charge in [0, 0.05) is 38.4 Å². The third-order valence-electron chi connectivity index (χ3n) is 9.66. The molecule has 0 aliphatic rings. The molecule has 0 saturated heterocycles. The molecule has 0 bridgehead atoms. The van der Waals surface area contributed by atoms with E-state index < -0.39 is 0 Å². The van der Waals surface area contributed by atoms with Crippen LogP contribution < -0.4 is 0 Å². The molecule has 0 fully saturated rings. The van der Waals surface area contributed by atoms with Gasteiger partial charge in [0.1, 0.15) is 0 Å². The largest absolute Gasteiger partial charge is 0.309 e. The molecule has 5 nitrogen and oxygen atoms in total. The normalized spacial score (nSPS) is 11.1. The maximum atomic E-state index is 10.5. The number of hydrogen-bond acceptors (Lipinski definition) is 3. The van der Waals surface area contributed by atoms with Crippen LogP contribution >= 0.6 is 0 Å². The van der Waals surface area contributed by atoms with Crippen molar-refractivity contribution in [3.63, 3.8) is 0 Å². The highest BCUT2D eigenvalue weighted by Crippen LogP contribution is 2.42. The molecule has 230 valence electrons. The van der Waals surface area contributed by atoms with E-state index in [-0.39, 0.29) is 0 Å². The highest BCUT2D eigenvalue weighted by Gasteiger charge is 2.20. The number of rotatable bonds is 4. The third-order valence-corrected chi connectivity index (χ3v) is 9.66. The topological polar surface area (TPSA) is 81.2 Å². The summed E-state index contributed by atoms with van der Waals surface area (Å²) in [6.07, 6.45) is 0. The lowest BCUT2D eigenvalue weighted by molar-refractivity contribution is 1.18. The van der Waals surface area contributed by atoms with Gasteiger partial charge in [-0.25, -0.2) is 0 Å². The summed E-state index contributed by atoms with van der Waals surface area (Å²) in [6.45, 7) is 0. The Morgan fingerprint density at radius 2 is 1.02 bits per heavy atom. The minimum absolute atomic E-state index is 0.547. The molecule has 0 radical (unpaired) electrons. The van der Waals surface area contributed by atoms with Gasteiger partial charge in [-0.3, -0.25) is 0 Å². The summed E-state index contributed by atoms with van der Waals surface area (Å²) >= 11 is 0. The molecule has 5 heteroatoms. The van der Waals surface area contributed by atoms with Crippen molar-refractivity contribution in [1.29, 1.82) is 15.8 Å². The van der Waals surface area contributed by atoms with Gasteiger partial charge < -0.3 is 9.13 Å². The first-order valence-corrected chi connectivity index (χ1v) is 16.3. The number of fused-ring (bicyclic) bond motifs is 6. The Kier molecular flexibility index (Phi) is 6.56. The number of benzene rings is 7. The fourth-order valence-electron chi connectivity index (χ4n) is 7.54. The minimum Gasteiger partial charge on any atom is -0.309 e. The Morgan fingerprint density at radius 3 is 1.74 bits per heavy atom. The van der Waals surface area contributed by atoms with Gasteiger partial charge in [-0.1, -0.05) is 84.9 Å². The van der Waals surface area contributed by atoms with Crippen molar-refractivity contribution in [3.8, 4) is 51.8 Å². The van der Waals surface area contributed by atoms with Crippen LogP contribution in [0.1, 0.15) is 16.7 Å². The first kappa shape index (κ1) is 28.8. The van der Waals surface area contributed by atoms with Crippen LogP contribution in [0, 0.1) is 34.0 Å². The lowest BCUT2D eigenvalue weighted by Crippen LogP contribution is -1.99. The molecule has 2 aromatic heterocycles. The standard InChI is InChI=1S/C45H25N5/c46-26-29-19-24-42-38(25-29)45-32(28-48)10-8-18-43(45)49(42)33-22-20-30(21-23-33)34-14-7-9-31(27-47)44(34)37-13-3-6-17-41(37)50-39-15-4-1-11-35(39)36-12-2-5-16-40(36)50/h1-25H. The lowest BCUT2D eigenvalue weighted by Gasteiger charge is -2.18. The number of nitrogens with zero attached hydrogens (tertiary/aromatic N) is 5. The number of para-hydroxylation sites is 3. The molecular weight excluding hydrogens is 611 g/mol. The molecule has 0 amide bonds. The second-order valence-corrected chi connectivity index (χ2v) is 12.3. The maximum Gasteiger partial charge on any atom is 0.0998 e. The van der Waals surface area contributed by atoms with E-state index in [1.807, 2.05) is 54.6 Å². The SMILES string of the molecule is N#Cc1ccc2c(c1)c1c(C#N)cccc1n2-c1ccc(-c2cccc(C#N)c2-c2ccccc2-n2c3ccccc3c3ccccc32)cc1. The van der Waals surface area contributed by atoms with Crippen LogP contribution in [0.15, 0.2) is 152 Å². The highest BCUT2D eigenvalue weighted by atomic mass is 15.0. The van der Waals surface area contributed by atoms with Gasteiger partial charge in [0.25, 0.3) is 0 Å². The van der Waals surface area contributed by atoms with Crippen LogP contribution in [-0.4, -0.2) is 9.13 Å². The summed E-state index contributed by atoms with van der Waals surface area (Å²) in [6, 6.07) is 57.9. The van der Waals surface area contributed by atoms with E-state index in [9.17, 15) is 15.8 Å². The zero-order chi connectivity index (χ0) is 33.8. The monoisotopic (exact) mass is 635 g/mol. The van der Waals surface area contributed by atoms with Gasteiger partial charge in [-0.2, -0.15) is 15.8 Å². The summed E-state index contributed by atoms with van der Waals surface area (Å²) in [4.78, 5) is 0. The van der Waals surface area contributed by atoms with E-state index >= 15 is 0 Å². The smallest absolute Gasteiger partial charge is 0.0998 e. The molecule has 9 rings (SSSR count). The van der Waals surface area contributed by atoms with E-state index in [1.165, 1.54) is 10.8 Å². The molecule has 2 heterocycles. The Balaban J connectivity index is 1.24. The van der Waals surface area contributed by atoms with Crippen molar-refractivity contribution in [3.05, 3.63) is 168 Å². The second kappa shape index (κ2) is 11.4. The van der Waals surface area contributed by atoms with Crippen molar-refractivity contribution in [2.75, 3.05) is 0 Å². The Bertz CT molecular complexity index is 2900. The molecule has 0 atom stereocenters. The summed E-state index contributed by atoms with van der Waals surface area (Å²) in [5, 5.41) is 34.1. The average Bonchev–Trinajstić information content (AvgIpc) is 3.70. The Morgan fingerprint density at radius 1 is 0.420 bits per heavy atom. The molecule has 50 heavy (non-hydrogen) atoms. The fourth-order valence-corrected chi connectivity index (χ4v) is 7.54. The van der Waals surface area contributed by atoms with E-state index in [2.05, 4.69) is 124 Å². The Hall–Kier alpha value is -7.39. The predicted molar refractivity (Wildman–Crippen MR) is 200 cm³/mol. The van der Waals surface area contributed by atoms with Crippen molar-refractivity contribution in [2.45, 2.75) is 0 Å². The average molecular weight is 636 g/mol. The zero-order valence-electron chi connectivity index (χ0n) is 26.7. The van der Waals surface area contributed by atoms with Gasteiger partial charge in [0.2, 0.25) is 0 Å². The van der Waals surface area contributed by atoms with Crippen molar-refractivity contribution in [1.82, 2.24) is 9.13 Å². The summed E-state index contributed by atoms with van der Waals surface area (Å²) < 4.78 is 4.44. The van der Waals surface area contributed by atoms with Crippen molar-refractivity contribution < 1.29 is 0 Å². The number of nitriles is 3. The van der Waals surface area contributed by atoms with Crippen LogP contribution in [0.3, 0.4) is 0 Å². The molecule has 0 saturated carbocycles. The quantitative estimate of drug-likeness (QED) is 0.193. The van der Waals surface area contributed by atoms with Gasteiger partial charge in [-0.15, -0.1) is 0 Å². The van der Waals surface area contributed by atoms with Crippen molar-refractivity contribution in [2.24, 2.45) is 0 Å². The predicted octanol–water partition coefficient (Wildman–Crippen LogP) is 10.8. The Labute approximate surface area is 287 Å². The molecule has 0 aliphatic heterocycles. The number of hydrogen-bond donors (Lipinski definition) is 0. The van der Waals surface area contributed by atoms with Crippen molar-refractivity contribution >= 4 is 43.6 Å². The lowest BCUT2D eigenvalue weighted by atomic mass is 9.89. The number of aromatic nitrogens is 2. The van der Waals surface area contributed by atoms with Gasteiger partial charge >= 0.3 is 0 Å². The van der Waals surface area contributed by atoms with Gasteiger partial charge in [0.05, 0.1) is 62.7 Å². The molecule has 0 aliphatic carbocycles. The zero-order valence-corrected chi connectivity index (χ0v) is 26.7. The summed E-state index contributed by atoms with van der Waals surface area (Å²) in [7, 11) is 0. The molecular formula is C45H25N5. The first-order chi connectivity index (χ1) is 24.7. The summed E-state index contributed by atoms with van der Waals surface area (Å²) in [5.41, 5.74) is 11.4. The van der Waals surface area contributed by atoms with E-state index in [0.29, 0.717) is 16.7 Å². The summed E-state index contributed by atoms with van der Waals surface area (Å²) in [5.74, 6) is 0. The molecule has 0 spiro atoms. The van der Waals surface area contributed by atoms with Gasteiger partial charge in [-0.05, 0) is 77.9 Å². The van der Waals surface area contributed by atoms with E-state index in [0.717, 1.165) is 66.5 Å². The first-order valence-electron chi connectivity index (χ1n) is 16.3. The molecule has 0 N–H and O–H groups in total. The van der Waals surface area contributed by atoms with Crippen LogP contribution in [0.4, 0.5) is 0 Å².